The molecule has 31 heavy (non-hydrogen) atoms. The quantitative estimate of drug-likeness (QED) is 0.740. The lowest BCUT2D eigenvalue weighted by Crippen LogP contribution is -2.43. The number of nitrogens with zero attached hydrogens (tertiary/aromatic N) is 2. The molecule has 0 saturated carbocycles. The second-order valence-corrected chi connectivity index (χ2v) is 11.6. The van der Waals surface area contributed by atoms with Gasteiger partial charge in [0.05, 0.1) is 5.92 Å². The van der Waals surface area contributed by atoms with Gasteiger partial charge in [0.15, 0.2) is 0 Å². The number of piperidine rings is 1. The van der Waals surface area contributed by atoms with Gasteiger partial charge in [-0.3, -0.25) is 9.59 Å². The number of carbonyl (C=O) groups is 2. The minimum absolute atomic E-state index is 0.0187. The van der Waals surface area contributed by atoms with E-state index in [0.29, 0.717) is 34.8 Å². The number of nitrogens with one attached hydrogen (secondary N) is 1. The molecule has 7 nitrogen and oxygen atoms in total. The predicted molar refractivity (Wildman–Crippen MR) is 121 cm³/mol. The first kappa shape index (κ1) is 22.0. The van der Waals surface area contributed by atoms with Crippen LogP contribution < -0.4 is 5.32 Å². The number of amides is 2. The summed E-state index contributed by atoms with van der Waals surface area (Å²) in [6.45, 7) is 4.00. The molecule has 0 aliphatic carbocycles. The minimum atomic E-state index is -3.59. The van der Waals surface area contributed by atoms with E-state index in [1.807, 2.05) is 11.8 Å². The molecule has 2 saturated heterocycles. The lowest BCUT2D eigenvalue weighted by atomic mass is 9.98. The molecule has 1 atom stereocenters. The number of hydrogen-bond acceptors (Lipinski definition) is 5. The van der Waals surface area contributed by atoms with E-state index in [2.05, 4.69) is 5.32 Å². The molecule has 3 heterocycles. The van der Waals surface area contributed by atoms with Gasteiger partial charge in [-0.15, -0.1) is 11.3 Å². The molecule has 2 fully saturated rings. The molecule has 2 aromatic rings. The standard InChI is InChI=1S/C22H27N3O4S2/c1-16-9-10-20(30-16)31(28,29)25-13-5-7-18(15-25)21(26)23-19-8-4-6-17(14-19)22(27)24-11-2-3-12-24/h4,6,8-10,14,18H,2-3,5,7,11-13,15H2,1H3,(H,23,26)/t18-/m0/s1. The Hall–Kier alpha value is -2.23. The number of sulfonamides is 1. The third-order valence-electron chi connectivity index (χ3n) is 5.84. The van der Waals surface area contributed by atoms with Crippen LogP contribution in [0, 0.1) is 12.8 Å². The molecule has 4 rings (SSSR count). The Bertz CT molecular complexity index is 1070. The molecule has 0 radical (unpaired) electrons. The summed E-state index contributed by atoms with van der Waals surface area (Å²) in [4.78, 5) is 28.3. The van der Waals surface area contributed by atoms with Crippen molar-refractivity contribution in [2.75, 3.05) is 31.5 Å². The second kappa shape index (κ2) is 9.10. The molecule has 9 heteroatoms. The van der Waals surface area contributed by atoms with E-state index >= 15 is 0 Å². The topological polar surface area (TPSA) is 86.8 Å². The third kappa shape index (κ3) is 4.83. The number of rotatable bonds is 5. The first-order valence-electron chi connectivity index (χ1n) is 10.6. The Kier molecular flexibility index (Phi) is 6.45. The lowest BCUT2D eigenvalue weighted by molar-refractivity contribution is -0.120. The molecule has 0 unspecified atom stereocenters. The van der Waals surface area contributed by atoms with Gasteiger partial charge in [0.25, 0.3) is 15.9 Å². The van der Waals surface area contributed by atoms with Crippen LogP contribution in [0.25, 0.3) is 0 Å². The van der Waals surface area contributed by atoms with Crippen LogP contribution in [0.3, 0.4) is 0 Å². The number of carbonyl (C=O) groups excluding carboxylic acids is 2. The minimum Gasteiger partial charge on any atom is -0.339 e. The zero-order valence-corrected chi connectivity index (χ0v) is 19.2. The Balaban J connectivity index is 1.43. The smallest absolute Gasteiger partial charge is 0.253 e. The lowest BCUT2D eigenvalue weighted by Gasteiger charge is -2.30. The fraction of sp³-hybridized carbons (Fsp3) is 0.455. The summed E-state index contributed by atoms with van der Waals surface area (Å²) in [7, 11) is -3.59. The van der Waals surface area contributed by atoms with Crippen molar-refractivity contribution >= 4 is 38.9 Å². The maximum atomic E-state index is 12.9. The average Bonchev–Trinajstić information content (AvgIpc) is 3.46. The van der Waals surface area contributed by atoms with Gasteiger partial charge >= 0.3 is 0 Å². The number of aryl methyl sites for hydroxylation is 1. The molecular weight excluding hydrogens is 434 g/mol. The van der Waals surface area contributed by atoms with Gasteiger partial charge in [-0.05, 0) is 62.9 Å². The summed E-state index contributed by atoms with van der Waals surface area (Å²) < 4.78 is 27.6. The molecule has 0 spiro atoms. The van der Waals surface area contributed by atoms with Crippen LogP contribution in [-0.2, 0) is 14.8 Å². The van der Waals surface area contributed by atoms with Gasteiger partial charge in [-0.1, -0.05) is 6.07 Å². The maximum absolute atomic E-state index is 12.9. The summed E-state index contributed by atoms with van der Waals surface area (Å²) in [5.41, 5.74) is 1.12. The zero-order chi connectivity index (χ0) is 22.0. The Morgan fingerprint density at radius 1 is 1.06 bits per heavy atom. The van der Waals surface area contributed by atoms with Crippen molar-refractivity contribution in [1.82, 2.24) is 9.21 Å². The van der Waals surface area contributed by atoms with E-state index in [-0.39, 0.29) is 18.4 Å². The predicted octanol–water partition coefficient (Wildman–Crippen LogP) is 3.33. The number of likely N-dealkylation sites (tertiary alicyclic amines) is 1. The van der Waals surface area contributed by atoms with Gasteiger partial charge in [-0.2, -0.15) is 4.31 Å². The molecule has 1 aromatic carbocycles. The summed E-state index contributed by atoms with van der Waals surface area (Å²) in [6.07, 6.45) is 3.31. The first-order chi connectivity index (χ1) is 14.8. The number of anilines is 1. The zero-order valence-electron chi connectivity index (χ0n) is 17.5. The molecular formula is C22H27N3O4S2. The average molecular weight is 462 g/mol. The Labute approximate surface area is 187 Å². The molecule has 2 amide bonds. The Morgan fingerprint density at radius 2 is 1.84 bits per heavy atom. The van der Waals surface area contributed by atoms with Crippen molar-refractivity contribution in [3.05, 3.63) is 46.8 Å². The fourth-order valence-electron chi connectivity index (χ4n) is 4.13. The number of benzene rings is 1. The highest BCUT2D eigenvalue weighted by Gasteiger charge is 2.34. The van der Waals surface area contributed by atoms with Crippen LogP contribution in [-0.4, -0.2) is 55.6 Å². The van der Waals surface area contributed by atoms with E-state index in [0.717, 1.165) is 30.8 Å². The number of hydrogen-bond donors (Lipinski definition) is 1. The van der Waals surface area contributed by atoms with Gasteiger partial charge in [0, 0.05) is 42.3 Å². The molecule has 166 valence electrons. The summed E-state index contributed by atoms with van der Waals surface area (Å²) >= 11 is 1.25. The maximum Gasteiger partial charge on any atom is 0.253 e. The highest BCUT2D eigenvalue weighted by atomic mass is 32.2. The molecule has 1 aromatic heterocycles. The van der Waals surface area contributed by atoms with Gasteiger partial charge in [0.2, 0.25) is 5.91 Å². The Morgan fingerprint density at radius 3 is 2.55 bits per heavy atom. The van der Waals surface area contributed by atoms with Gasteiger partial charge in [-0.25, -0.2) is 8.42 Å². The van der Waals surface area contributed by atoms with Crippen LogP contribution in [0.2, 0.25) is 0 Å². The van der Waals surface area contributed by atoms with Crippen LogP contribution in [0.1, 0.15) is 40.9 Å². The SMILES string of the molecule is Cc1ccc(S(=O)(=O)N2CCC[C@H](C(=O)Nc3cccc(C(=O)N4CCCC4)c3)C2)s1. The largest absolute Gasteiger partial charge is 0.339 e. The van der Waals surface area contributed by atoms with Crippen LogP contribution >= 0.6 is 11.3 Å². The molecule has 2 aliphatic heterocycles. The summed E-state index contributed by atoms with van der Waals surface area (Å²) in [5.74, 6) is -0.662. The van der Waals surface area contributed by atoms with E-state index in [9.17, 15) is 18.0 Å². The van der Waals surface area contributed by atoms with Gasteiger partial charge < -0.3 is 10.2 Å². The van der Waals surface area contributed by atoms with Crippen molar-refractivity contribution in [2.45, 2.75) is 36.8 Å². The summed E-state index contributed by atoms with van der Waals surface area (Å²) in [6, 6.07) is 10.4. The van der Waals surface area contributed by atoms with Crippen LogP contribution in [0.5, 0.6) is 0 Å². The van der Waals surface area contributed by atoms with E-state index in [4.69, 9.17) is 0 Å². The third-order valence-corrected chi connectivity index (χ3v) is 9.17. The monoisotopic (exact) mass is 461 g/mol. The van der Waals surface area contributed by atoms with Crippen molar-refractivity contribution in [3.63, 3.8) is 0 Å². The molecule has 2 aliphatic rings. The normalized spacial score (nSPS) is 20.0. The molecule has 0 bridgehead atoms. The van der Waals surface area contributed by atoms with Crippen molar-refractivity contribution in [3.8, 4) is 0 Å². The first-order valence-corrected chi connectivity index (χ1v) is 12.9. The van der Waals surface area contributed by atoms with Crippen LogP contribution in [0.15, 0.2) is 40.6 Å². The highest BCUT2D eigenvalue weighted by Crippen LogP contribution is 2.29. The second-order valence-electron chi connectivity index (χ2n) is 8.14. The van der Waals surface area contributed by atoms with Crippen molar-refractivity contribution in [1.29, 1.82) is 0 Å². The van der Waals surface area contributed by atoms with E-state index < -0.39 is 15.9 Å². The highest BCUT2D eigenvalue weighted by molar-refractivity contribution is 7.91. The van der Waals surface area contributed by atoms with Gasteiger partial charge in [0.1, 0.15) is 4.21 Å². The molecule has 1 N–H and O–H groups in total. The van der Waals surface area contributed by atoms with Crippen molar-refractivity contribution < 1.29 is 18.0 Å². The fourth-order valence-corrected chi connectivity index (χ4v) is 7.09. The van der Waals surface area contributed by atoms with E-state index in [1.54, 1.807) is 36.4 Å². The van der Waals surface area contributed by atoms with Crippen LogP contribution in [0.4, 0.5) is 5.69 Å². The number of thiophene rings is 1. The summed E-state index contributed by atoms with van der Waals surface area (Å²) in [5, 5.41) is 2.88. The van der Waals surface area contributed by atoms with E-state index in [1.165, 1.54) is 15.6 Å². The van der Waals surface area contributed by atoms with Crippen molar-refractivity contribution in [2.24, 2.45) is 5.92 Å².